The fourth-order valence-corrected chi connectivity index (χ4v) is 4.04. The van der Waals surface area contributed by atoms with E-state index in [4.69, 9.17) is 9.72 Å². The van der Waals surface area contributed by atoms with Crippen molar-refractivity contribution in [1.82, 2.24) is 14.9 Å². The predicted octanol–water partition coefficient (Wildman–Crippen LogP) is 2.04. The molecule has 0 amide bonds. The van der Waals surface area contributed by atoms with Crippen molar-refractivity contribution < 1.29 is 4.74 Å². The van der Waals surface area contributed by atoms with Gasteiger partial charge in [-0.05, 0) is 38.1 Å². The van der Waals surface area contributed by atoms with Crippen LogP contribution in [0.2, 0.25) is 0 Å². The Bertz CT molecular complexity index is 557. The van der Waals surface area contributed by atoms with E-state index in [1.165, 1.54) is 32.4 Å². The Labute approximate surface area is 152 Å². The van der Waals surface area contributed by atoms with Crippen molar-refractivity contribution in [3.8, 4) is 0 Å². The number of rotatable bonds is 6. The van der Waals surface area contributed by atoms with Gasteiger partial charge in [-0.2, -0.15) is 4.98 Å². The van der Waals surface area contributed by atoms with E-state index < -0.39 is 0 Å². The zero-order chi connectivity index (χ0) is 17.8. The molecule has 6 nitrogen and oxygen atoms in total. The van der Waals surface area contributed by atoms with Gasteiger partial charge in [-0.1, -0.05) is 6.92 Å². The maximum absolute atomic E-state index is 5.34. The van der Waals surface area contributed by atoms with Gasteiger partial charge in [0.05, 0.1) is 6.61 Å². The summed E-state index contributed by atoms with van der Waals surface area (Å²) >= 11 is 0. The number of ether oxygens (including phenoxy) is 1. The molecule has 140 valence electrons. The van der Waals surface area contributed by atoms with Gasteiger partial charge in [-0.15, -0.1) is 0 Å². The maximum Gasteiger partial charge on any atom is 0.227 e. The molecule has 2 aliphatic heterocycles. The topological polar surface area (TPSA) is 44.7 Å². The summed E-state index contributed by atoms with van der Waals surface area (Å²) in [6.07, 6.45) is 4.68. The number of hydrogen-bond donors (Lipinski definition) is 0. The van der Waals surface area contributed by atoms with E-state index >= 15 is 0 Å². The number of aromatic nitrogens is 2. The summed E-state index contributed by atoms with van der Waals surface area (Å²) in [5.74, 6) is 2.63. The van der Waals surface area contributed by atoms with E-state index in [-0.39, 0.29) is 0 Å². The van der Waals surface area contributed by atoms with Gasteiger partial charge in [0, 0.05) is 58.6 Å². The molecule has 3 rings (SSSR count). The van der Waals surface area contributed by atoms with Crippen molar-refractivity contribution in [2.24, 2.45) is 5.92 Å². The lowest BCUT2D eigenvalue weighted by Gasteiger charge is -2.37. The molecule has 0 bridgehead atoms. The van der Waals surface area contributed by atoms with Gasteiger partial charge in [0.1, 0.15) is 5.82 Å². The van der Waals surface area contributed by atoms with Crippen LogP contribution in [0.5, 0.6) is 0 Å². The van der Waals surface area contributed by atoms with E-state index in [1.54, 1.807) is 0 Å². The minimum Gasteiger partial charge on any atom is -0.384 e. The molecule has 2 aliphatic rings. The Morgan fingerprint density at radius 2 is 1.92 bits per heavy atom. The maximum atomic E-state index is 5.34. The van der Waals surface area contributed by atoms with Gasteiger partial charge in [0.25, 0.3) is 0 Å². The Hall–Kier alpha value is -1.40. The highest BCUT2D eigenvalue weighted by molar-refractivity contribution is 5.46. The molecule has 25 heavy (non-hydrogen) atoms. The summed E-state index contributed by atoms with van der Waals surface area (Å²) in [6, 6.07) is 2.89. The van der Waals surface area contributed by atoms with Crippen molar-refractivity contribution in [1.29, 1.82) is 0 Å². The van der Waals surface area contributed by atoms with Crippen molar-refractivity contribution in [2.45, 2.75) is 38.6 Å². The third-order valence-corrected chi connectivity index (χ3v) is 5.54. The fourth-order valence-electron chi connectivity index (χ4n) is 4.04. The lowest BCUT2D eigenvalue weighted by molar-refractivity contribution is 0.142. The highest BCUT2D eigenvalue weighted by Gasteiger charge is 2.31. The Morgan fingerprint density at radius 1 is 1.16 bits per heavy atom. The van der Waals surface area contributed by atoms with Gasteiger partial charge in [-0.3, -0.25) is 4.90 Å². The molecule has 1 atom stereocenters. The van der Waals surface area contributed by atoms with Crippen LogP contribution in [0.4, 0.5) is 11.8 Å². The van der Waals surface area contributed by atoms with Crippen LogP contribution in [0, 0.1) is 5.92 Å². The van der Waals surface area contributed by atoms with Crippen LogP contribution in [0.15, 0.2) is 6.07 Å². The summed E-state index contributed by atoms with van der Waals surface area (Å²) in [4.78, 5) is 16.5. The monoisotopic (exact) mass is 347 g/mol. The second-order valence-corrected chi connectivity index (χ2v) is 7.59. The minimum absolute atomic E-state index is 0.721. The van der Waals surface area contributed by atoms with Crippen molar-refractivity contribution >= 4 is 11.8 Å². The molecule has 2 saturated heterocycles. The van der Waals surface area contributed by atoms with Crippen LogP contribution in [0.1, 0.15) is 31.9 Å². The molecule has 0 spiro atoms. The van der Waals surface area contributed by atoms with Crippen LogP contribution >= 0.6 is 0 Å². The minimum atomic E-state index is 0.721. The first kappa shape index (κ1) is 18.4. The third kappa shape index (κ3) is 4.42. The SMILES string of the molecule is CCc1cc(N2CCC(N3CCC(COC)C3)CC2)nc(N(C)C)n1. The normalized spacial score (nSPS) is 22.6. The second kappa shape index (κ2) is 8.32. The molecule has 0 saturated carbocycles. The van der Waals surface area contributed by atoms with E-state index in [1.807, 2.05) is 26.1 Å². The summed E-state index contributed by atoms with van der Waals surface area (Å²) in [5, 5.41) is 0. The molecular formula is C19H33N5O. The van der Waals surface area contributed by atoms with Gasteiger partial charge >= 0.3 is 0 Å². The molecule has 0 radical (unpaired) electrons. The Kier molecular flexibility index (Phi) is 6.12. The van der Waals surface area contributed by atoms with E-state index in [9.17, 15) is 0 Å². The zero-order valence-corrected chi connectivity index (χ0v) is 16.2. The van der Waals surface area contributed by atoms with Crippen molar-refractivity contribution in [3.63, 3.8) is 0 Å². The Morgan fingerprint density at radius 3 is 2.56 bits per heavy atom. The fraction of sp³-hybridized carbons (Fsp3) is 0.789. The van der Waals surface area contributed by atoms with Crippen LogP contribution in [0.3, 0.4) is 0 Å². The molecule has 0 aliphatic carbocycles. The van der Waals surface area contributed by atoms with E-state index in [2.05, 4.69) is 27.8 Å². The van der Waals surface area contributed by atoms with Gasteiger partial charge in [0.2, 0.25) is 5.95 Å². The average molecular weight is 348 g/mol. The van der Waals surface area contributed by atoms with Gasteiger partial charge in [-0.25, -0.2) is 4.98 Å². The molecule has 1 aromatic heterocycles. The zero-order valence-electron chi connectivity index (χ0n) is 16.2. The number of nitrogens with zero attached hydrogens (tertiary/aromatic N) is 5. The van der Waals surface area contributed by atoms with Crippen LogP contribution < -0.4 is 9.80 Å². The number of anilines is 2. The summed E-state index contributed by atoms with van der Waals surface area (Å²) in [6.45, 7) is 7.67. The highest BCUT2D eigenvalue weighted by atomic mass is 16.5. The summed E-state index contributed by atoms with van der Waals surface area (Å²) in [7, 11) is 5.83. The quantitative estimate of drug-likeness (QED) is 0.785. The average Bonchev–Trinajstić information content (AvgIpc) is 3.10. The second-order valence-electron chi connectivity index (χ2n) is 7.59. The van der Waals surface area contributed by atoms with Crippen LogP contribution in [-0.2, 0) is 11.2 Å². The number of piperidine rings is 1. The predicted molar refractivity (Wildman–Crippen MR) is 103 cm³/mol. The Balaban J connectivity index is 1.60. The van der Waals surface area contributed by atoms with Gasteiger partial charge in [0.15, 0.2) is 0 Å². The lowest BCUT2D eigenvalue weighted by atomic mass is 10.0. The number of likely N-dealkylation sites (tertiary alicyclic amines) is 1. The molecule has 0 N–H and O–H groups in total. The van der Waals surface area contributed by atoms with Crippen LogP contribution in [-0.4, -0.2) is 74.9 Å². The summed E-state index contributed by atoms with van der Waals surface area (Å²) < 4.78 is 5.34. The van der Waals surface area contributed by atoms with Crippen molar-refractivity contribution in [3.05, 3.63) is 11.8 Å². The molecule has 2 fully saturated rings. The first-order valence-corrected chi connectivity index (χ1v) is 9.64. The van der Waals surface area contributed by atoms with E-state index in [0.717, 1.165) is 55.5 Å². The largest absolute Gasteiger partial charge is 0.384 e. The molecule has 0 aromatic carbocycles. The first-order chi connectivity index (χ1) is 12.1. The standard InChI is InChI=1S/C19H33N5O/c1-5-16-12-18(21-19(20-16)22(2)3)23-10-7-17(8-11-23)24-9-6-15(13-24)14-25-4/h12,15,17H,5-11,13-14H2,1-4H3. The third-order valence-electron chi connectivity index (χ3n) is 5.54. The first-order valence-electron chi connectivity index (χ1n) is 9.64. The number of hydrogen-bond acceptors (Lipinski definition) is 6. The molecule has 6 heteroatoms. The summed E-state index contributed by atoms with van der Waals surface area (Å²) in [5.41, 5.74) is 1.12. The molecule has 3 heterocycles. The van der Waals surface area contributed by atoms with Crippen molar-refractivity contribution in [2.75, 3.05) is 63.8 Å². The lowest BCUT2D eigenvalue weighted by Crippen LogP contribution is -2.44. The van der Waals surface area contributed by atoms with Gasteiger partial charge < -0.3 is 14.5 Å². The highest BCUT2D eigenvalue weighted by Crippen LogP contribution is 2.27. The van der Waals surface area contributed by atoms with Crippen LogP contribution in [0.25, 0.3) is 0 Å². The molecule has 1 unspecified atom stereocenters. The number of methoxy groups -OCH3 is 1. The molecule has 1 aromatic rings. The van der Waals surface area contributed by atoms with E-state index in [0.29, 0.717) is 0 Å². The number of aryl methyl sites for hydroxylation is 1. The smallest absolute Gasteiger partial charge is 0.227 e. The molecular weight excluding hydrogens is 314 g/mol.